The van der Waals surface area contributed by atoms with Gasteiger partial charge in [0, 0.05) is 6.20 Å². The first-order valence-corrected chi connectivity index (χ1v) is 7.60. The molecule has 1 rings (SSSR count). The van der Waals surface area contributed by atoms with Gasteiger partial charge in [0.1, 0.15) is 0 Å². The van der Waals surface area contributed by atoms with Crippen LogP contribution in [0.15, 0.2) is 24.4 Å². The van der Waals surface area contributed by atoms with E-state index in [9.17, 15) is 0 Å². The first-order chi connectivity index (χ1) is 8.98. The Morgan fingerprint density at radius 1 is 1.32 bits per heavy atom. The molecular weight excluding hydrogens is 230 g/mol. The highest BCUT2D eigenvalue weighted by Crippen LogP contribution is 2.28. The van der Waals surface area contributed by atoms with E-state index in [-0.39, 0.29) is 0 Å². The molecule has 106 valence electrons. The van der Waals surface area contributed by atoms with Crippen LogP contribution in [-0.4, -0.2) is 4.98 Å². The van der Waals surface area contributed by atoms with Gasteiger partial charge < -0.3 is 0 Å². The van der Waals surface area contributed by atoms with E-state index in [1.165, 1.54) is 30.4 Å². The molecule has 1 nitrogen and oxygen atoms in total. The third-order valence-corrected chi connectivity index (χ3v) is 3.63. The van der Waals surface area contributed by atoms with Gasteiger partial charge >= 0.3 is 0 Å². The summed E-state index contributed by atoms with van der Waals surface area (Å²) in [5, 5.41) is 0. The number of allylic oxidation sites excluding steroid dienone is 2. The van der Waals surface area contributed by atoms with Crippen molar-refractivity contribution in [1.82, 2.24) is 4.98 Å². The van der Waals surface area contributed by atoms with Crippen molar-refractivity contribution in [1.29, 1.82) is 0 Å². The Kier molecular flexibility index (Phi) is 6.27. The number of pyridine rings is 1. The van der Waals surface area contributed by atoms with Crippen LogP contribution in [0.1, 0.15) is 71.6 Å². The first-order valence-electron chi connectivity index (χ1n) is 7.60. The lowest BCUT2D eigenvalue weighted by Gasteiger charge is -2.24. The van der Waals surface area contributed by atoms with E-state index in [1.807, 2.05) is 6.20 Å². The van der Waals surface area contributed by atoms with E-state index >= 15 is 0 Å². The minimum absolute atomic E-state index is 0.386. The molecule has 0 aliphatic rings. The largest absolute Gasteiger partial charge is 0.257 e. The lowest BCUT2D eigenvalue weighted by Crippen LogP contribution is -2.15. The summed E-state index contributed by atoms with van der Waals surface area (Å²) in [4.78, 5) is 4.48. The molecule has 0 N–H and O–H groups in total. The topological polar surface area (TPSA) is 12.9 Å². The smallest absolute Gasteiger partial charge is 0.0658 e. The Hall–Kier alpha value is -1.11. The lowest BCUT2D eigenvalue weighted by molar-refractivity contribution is 0.321. The zero-order valence-electron chi connectivity index (χ0n) is 13.3. The molecule has 0 aromatic carbocycles. The number of rotatable bonds is 7. The van der Waals surface area contributed by atoms with Crippen molar-refractivity contribution in [3.8, 4) is 0 Å². The summed E-state index contributed by atoms with van der Waals surface area (Å²) in [5.74, 6) is 0. The van der Waals surface area contributed by atoms with Crippen molar-refractivity contribution >= 4 is 5.57 Å². The van der Waals surface area contributed by atoms with E-state index in [0.717, 1.165) is 18.5 Å². The summed E-state index contributed by atoms with van der Waals surface area (Å²) in [6, 6.07) is 4.42. The van der Waals surface area contributed by atoms with Crippen LogP contribution in [0.2, 0.25) is 0 Å². The molecule has 0 atom stereocenters. The maximum Gasteiger partial charge on any atom is 0.0658 e. The zero-order chi connectivity index (χ0) is 14.3. The molecule has 0 unspecified atom stereocenters. The molecule has 0 aliphatic carbocycles. The van der Waals surface area contributed by atoms with E-state index in [1.54, 1.807) is 0 Å². The Morgan fingerprint density at radius 2 is 2.05 bits per heavy atom. The van der Waals surface area contributed by atoms with Gasteiger partial charge in [0.25, 0.3) is 0 Å². The molecule has 0 radical (unpaired) electrons. The Labute approximate surface area is 119 Å². The molecule has 0 spiro atoms. The van der Waals surface area contributed by atoms with Crippen molar-refractivity contribution in [3.63, 3.8) is 0 Å². The van der Waals surface area contributed by atoms with Crippen molar-refractivity contribution in [2.24, 2.45) is 5.41 Å². The van der Waals surface area contributed by atoms with Gasteiger partial charge in [0.15, 0.2) is 0 Å². The molecule has 0 saturated heterocycles. The predicted octanol–water partition coefficient (Wildman–Crippen LogP) is 5.65. The van der Waals surface area contributed by atoms with Gasteiger partial charge in [-0.1, -0.05) is 46.6 Å². The summed E-state index contributed by atoms with van der Waals surface area (Å²) >= 11 is 0. The highest BCUT2D eigenvalue weighted by atomic mass is 14.7. The second-order valence-electron chi connectivity index (χ2n) is 6.29. The molecular formula is C18H29N. The number of hydrogen-bond acceptors (Lipinski definition) is 1. The molecule has 0 amide bonds. The fourth-order valence-corrected chi connectivity index (χ4v) is 2.51. The number of aromatic nitrogens is 1. The number of unbranched alkanes of at least 4 members (excludes halogenated alkanes) is 1. The zero-order valence-corrected chi connectivity index (χ0v) is 13.3. The summed E-state index contributed by atoms with van der Waals surface area (Å²) in [7, 11) is 0. The van der Waals surface area contributed by atoms with E-state index in [0.29, 0.717) is 5.41 Å². The molecule has 1 aromatic heterocycles. The average Bonchev–Trinajstić information content (AvgIpc) is 2.36. The summed E-state index contributed by atoms with van der Waals surface area (Å²) in [6.07, 6.45) is 10.3. The summed E-state index contributed by atoms with van der Waals surface area (Å²) in [5.41, 5.74) is 4.22. The second-order valence-corrected chi connectivity index (χ2v) is 6.29. The van der Waals surface area contributed by atoms with Gasteiger partial charge in [0.05, 0.1) is 5.69 Å². The monoisotopic (exact) mass is 259 g/mol. The van der Waals surface area contributed by atoms with Crippen LogP contribution < -0.4 is 0 Å². The SMILES string of the molecule is CC/C=C(\C)c1cc(CC(C)(C)CCCC)ccn1. The van der Waals surface area contributed by atoms with Gasteiger partial charge in [-0.2, -0.15) is 0 Å². The van der Waals surface area contributed by atoms with Crippen molar-refractivity contribution in [2.45, 2.75) is 66.7 Å². The number of nitrogens with zero attached hydrogens (tertiary/aromatic N) is 1. The molecule has 0 saturated carbocycles. The minimum Gasteiger partial charge on any atom is -0.257 e. The lowest BCUT2D eigenvalue weighted by atomic mass is 9.81. The third-order valence-electron chi connectivity index (χ3n) is 3.63. The Morgan fingerprint density at radius 3 is 2.68 bits per heavy atom. The summed E-state index contributed by atoms with van der Waals surface area (Å²) < 4.78 is 0. The fourth-order valence-electron chi connectivity index (χ4n) is 2.51. The Balaban J connectivity index is 2.79. The first kappa shape index (κ1) is 15.9. The van der Waals surface area contributed by atoms with Gasteiger partial charge in [-0.25, -0.2) is 0 Å². The van der Waals surface area contributed by atoms with Crippen LogP contribution in [-0.2, 0) is 6.42 Å². The second kappa shape index (κ2) is 7.47. The maximum absolute atomic E-state index is 4.48. The highest BCUT2D eigenvalue weighted by molar-refractivity contribution is 5.60. The molecule has 1 heteroatoms. The van der Waals surface area contributed by atoms with Crippen LogP contribution in [0, 0.1) is 5.41 Å². The standard InChI is InChI=1S/C18H29N/c1-6-8-11-18(4,5)14-16-10-12-19-17(13-16)15(3)9-7-2/h9-10,12-13H,6-8,11,14H2,1-5H3/b15-9+. The number of hydrogen-bond donors (Lipinski definition) is 0. The normalized spacial score (nSPS) is 12.8. The molecule has 0 aliphatic heterocycles. The molecule has 0 bridgehead atoms. The molecule has 0 fully saturated rings. The van der Waals surface area contributed by atoms with Gasteiger partial charge in [0.2, 0.25) is 0 Å². The third kappa shape index (κ3) is 5.59. The van der Waals surface area contributed by atoms with E-state index < -0.39 is 0 Å². The van der Waals surface area contributed by atoms with Gasteiger partial charge in [-0.05, 0) is 54.9 Å². The Bertz CT molecular complexity index is 415. The quantitative estimate of drug-likeness (QED) is 0.616. The highest BCUT2D eigenvalue weighted by Gasteiger charge is 2.18. The van der Waals surface area contributed by atoms with Crippen LogP contribution in [0.4, 0.5) is 0 Å². The predicted molar refractivity (Wildman–Crippen MR) is 85.2 cm³/mol. The molecule has 1 heterocycles. The summed E-state index contributed by atoms with van der Waals surface area (Å²) in [6.45, 7) is 11.3. The van der Waals surface area contributed by atoms with Crippen molar-refractivity contribution < 1.29 is 0 Å². The van der Waals surface area contributed by atoms with Gasteiger partial charge in [-0.15, -0.1) is 0 Å². The van der Waals surface area contributed by atoms with Crippen LogP contribution in [0.5, 0.6) is 0 Å². The van der Waals surface area contributed by atoms with Crippen LogP contribution >= 0.6 is 0 Å². The van der Waals surface area contributed by atoms with E-state index in [4.69, 9.17) is 0 Å². The van der Waals surface area contributed by atoms with Crippen LogP contribution in [0.25, 0.3) is 5.57 Å². The molecule has 1 aromatic rings. The maximum atomic E-state index is 4.48. The van der Waals surface area contributed by atoms with E-state index in [2.05, 4.69) is 57.8 Å². The van der Waals surface area contributed by atoms with Crippen molar-refractivity contribution in [2.75, 3.05) is 0 Å². The average molecular weight is 259 g/mol. The van der Waals surface area contributed by atoms with Gasteiger partial charge in [-0.3, -0.25) is 4.98 Å². The minimum atomic E-state index is 0.386. The molecule has 19 heavy (non-hydrogen) atoms. The van der Waals surface area contributed by atoms with Crippen molar-refractivity contribution in [3.05, 3.63) is 35.7 Å². The fraction of sp³-hybridized carbons (Fsp3) is 0.611. The van der Waals surface area contributed by atoms with Crippen LogP contribution in [0.3, 0.4) is 0 Å².